The first kappa shape index (κ1) is 15.9. The van der Waals surface area contributed by atoms with Crippen molar-refractivity contribution in [1.29, 1.82) is 0 Å². The monoisotopic (exact) mass is 330 g/mol. The Balaban J connectivity index is 1.71. The van der Waals surface area contributed by atoms with Crippen molar-refractivity contribution in [3.8, 4) is 5.75 Å². The van der Waals surface area contributed by atoms with E-state index in [-0.39, 0.29) is 24.9 Å². The van der Waals surface area contributed by atoms with Gasteiger partial charge in [-0.2, -0.15) is 0 Å². The van der Waals surface area contributed by atoms with Crippen LogP contribution in [-0.2, 0) is 4.79 Å². The Hall–Kier alpha value is -1.59. The molecule has 24 heavy (non-hydrogen) atoms. The summed E-state index contributed by atoms with van der Waals surface area (Å²) in [6, 6.07) is 8.89. The van der Waals surface area contributed by atoms with Crippen molar-refractivity contribution in [3.05, 3.63) is 29.8 Å². The lowest BCUT2D eigenvalue weighted by Crippen LogP contribution is -2.60. The SMILES string of the molecule is COc1ccccc1[C@@H]1CN(C(=O)CCO)[C@@H]2C3CCN(CC3)[C@@H]21. The molecule has 4 heterocycles. The van der Waals surface area contributed by atoms with Crippen LogP contribution in [-0.4, -0.2) is 66.2 Å². The average molecular weight is 330 g/mol. The Kier molecular flexibility index (Phi) is 4.22. The zero-order chi connectivity index (χ0) is 16.7. The second-order valence-electron chi connectivity index (χ2n) is 7.22. The fourth-order valence-corrected chi connectivity index (χ4v) is 5.19. The molecule has 0 spiro atoms. The minimum atomic E-state index is -0.0690. The van der Waals surface area contributed by atoms with Crippen LogP contribution in [0.1, 0.15) is 30.7 Å². The van der Waals surface area contributed by atoms with Gasteiger partial charge in [-0.05, 0) is 37.9 Å². The second kappa shape index (κ2) is 6.37. The highest BCUT2D eigenvalue weighted by Crippen LogP contribution is 2.48. The van der Waals surface area contributed by atoms with Gasteiger partial charge in [-0.25, -0.2) is 0 Å². The number of rotatable bonds is 4. The molecule has 0 aromatic heterocycles. The lowest BCUT2D eigenvalue weighted by atomic mass is 9.75. The van der Waals surface area contributed by atoms with Crippen LogP contribution in [0, 0.1) is 5.92 Å². The van der Waals surface area contributed by atoms with Crippen molar-refractivity contribution in [2.45, 2.75) is 37.3 Å². The number of hydrogen-bond donors (Lipinski definition) is 1. The smallest absolute Gasteiger partial charge is 0.225 e. The van der Waals surface area contributed by atoms with Gasteiger partial charge in [0, 0.05) is 30.5 Å². The number of aliphatic hydroxyl groups is 1. The number of nitrogens with zero attached hydrogens (tertiary/aromatic N) is 2. The van der Waals surface area contributed by atoms with Gasteiger partial charge in [-0.15, -0.1) is 0 Å². The first-order valence-corrected chi connectivity index (χ1v) is 9.02. The highest BCUT2D eigenvalue weighted by Gasteiger charge is 2.54. The van der Waals surface area contributed by atoms with Crippen LogP contribution in [0.2, 0.25) is 0 Å². The van der Waals surface area contributed by atoms with Gasteiger partial charge in [0.2, 0.25) is 5.91 Å². The Bertz CT molecular complexity index is 612. The highest BCUT2D eigenvalue weighted by atomic mass is 16.5. The van der Waals surface area contributed by atoms with Crippen molar-refractivity contribution < 1.29 is 14.6 Å². The van der Waals surface area contributed by atoms with Gasteiger partial charge >= 0.3 is 0 Å². The molecule has 1 aromatic rings. The third-order valence-corrected chi connectivity index (χ3v) is 6.18. The van der Waals surface area contributed by atoms with Gasteiger partial charge < -0.3 is 14.7 Å². The molecule has 3 atom stereocenters. The minimum Gasteiger partial charge on any atom is -0.496 e. The number of piperidine rings is 3. The normalized spacial score (nSPS) is 34.2. The van der Waals surface area contributed by atoms with Gasteiger partial charge in [0.15, 0.2) is 0 Å². The van der Waals surface area contributed by atoms with Crippen LogP contribution in [0.4, 0.5) is 0 Å². The number of likely N-dealkylation sites (tertiary alicyclic amines) is 1. The predicted octanol–water partition coefficient (Wildman–Crippen LogP) is 1.47. The zero-order valence-corrected chi connectivity index (χ0v) is 14.2. The zero-order valence-electron chi connectivity index (χ0n) is 14.2. The molecule has 4 saturated heterocycles. The Morgan fingerprint density at radius 2 is 2.00 bits per heavy atom. The van der Waals surface area contributed by atoms with Crippen LogP contribution >= 0.6 is 0 Å². The van der Waals surface area contributed by atoms with E-state index >= 15 is 0 Å². The van der Waals surface area contributed by atoms with Crippen molar-refractivity contribution in [3.63, 3.8) is 0 Å². The third-order valence-electron chi connectivity index (χ3n) is 6.18. The fraction of sp³-hybridized carbons (Fsp3) is 0.632. The molecule has 0 unspecified atom stereocenters. The maximum atomic E-state index is 12.6. The van der Waals surface area contributed by atoms with Crippen LogP contribution in [0.25, 0.3) is 0 Å². The molecule has 4 fully saturated rings. The molecule has 4 aliphatic heterocycles. The number of carbonyl (C=O) groups excluding carboxylic acids is 1. The summed E-state index contributed by atoms with van der Waals surface area (Å²) < 4.78 is 5.60. The summed E-state index contributed by atoms with van der Waals surface area (Å²) in [5.41, 5.74) is 1.21. The topological polar surface area (TPSA) is 53.0 Å². The molecule has 5 nitrogen and oxygen atoms in total. The number of fused-ring (bicyclic) bond motifs is 2. The largest absolute Gasteiger partial charge is 0.496 e. The third kappa shape index (κ3) is 2.42. The van der Waals surface area contributed by atoms with Crippen molar-refractivity contribution in [2.75, 3.05) is 33.4 Å². The fourth-order valence-electron chi connectivity index (χ4n) is 5.19. The number of carbonyl (C=O) groups is 1. The Morgan fingerprint density at radius 3 is 2.71 bits per heavy atom. The van der Waals surface area contributed by atoms with Gasteiger partial charge in [0.25, 0.3) is 0 Å². The van der Waals surface area contributed by atoms with Crippen LogP contribution < -0.4 is 4.74 Å². The number of hydrogen-bond acceptors (Lipinski definition) is 4. The lowest BCUT2D eigenvalue weighted by molar-refractivity contribution is -0.136. The summed E-state index contributed by atoms with van der Waals surface area (Å²) in [5, 5.41) is 9.21. The van der Waals surface area contributed by atoms with E-state index in [1.807, 2.05) is 12.1 Å². The molecule has 5 rings (SSSR count). The number of amides is 1. The summed E-state index contributed by atoms with van der Waals surface area (Å²) in [6.07, 6.45) is 2.60. The molecular formula is C19H26N2O3. The molecule has 1 amide bonds. The van der Waals surface area contributed by atoms with E-state index in [9.17, 15) is 9.90 Å². The minimum absolute atomic E-state index is 0.0690. The molecule has 0 radical (unpaired) electrons. The molecule has 0 aliphatic carbocycles. The highest BCUT2D eigenvalue weighted by molar-refractivity contribution is 5.77. The number of aliphatic hydroxyl groups excluding tert-OH is 1. The van der Waals surface area contributed by atoms with E-state index in [2.05, 4.69) is 21.9 Å². The first-order chi connectivity index (χ1) is 11.7. The van der Waals surface area contributed by atoms with Crippen molar-refractivity contribution in [2.24, 2.45) is 5.92 Å². The maximum Gasteiger partial charge on any atom is 0.225 e. The van der Waals surface area contributed by atoms with Crippen LogP contribution in [0.5, 0.6) is 5.75 Å². The second-order valence-corrected chi connectivity index (χ2v) is 7.22. The predicted molar refractivity (Wildman–Crippen MR) is 91.0 cm³/mol. The van der Waals surface area contributed by atoms with E-state index in [0.717, 1.165) is 25.4 Å². The summed E-state index contributed by atoms with van der Waals surface area (Å²) in [4.78, 5) is 17.3. The number of ether oxygens (including phenoxy) is 1. The molecule has 130 valence electrons. The lowest BCUT2D eigenvalue weighted by Gasteiger charge is -2.51. The molecule has 0 saturated carbocycles. The van der Waals surface area contributed by atoms with Crippen molar-refractivity contribution in [1.82, 2.24) is 9.80 Å². The molecule has 5 heteroatoms. The van der Waals surface area contributed by atoms with Crippen LogP contribution in [0.15, 0.2) is 24.3 Å². The quantitative estimate of drug-likeness (QED) is 0.908. The molecule has 1 aromatic carbocycles. The average Bonchev–Trinajstić information content (AvgIpc) is 3.05. The molecule has 2 bridgehead atoms. The summed E-state index contributed by atoms with van der Waals surface area (Å²) in [5.74, 6) is 1.90. The number of methoxy groups -OCH3 is 1. The standard InChI is InChI=1S/C19H26N2O3/c1-24-16-5-3-2-4-14(16)15-12-21(17(23)8-11-22)18-13-6-9-20(10-7-13)19(15)18/h2-5,13,15,18-19,22H,6-12H2,1H3/t15-,18+,19+/m0/s1. The maximum absolute atomic E-state index is 12.6. The Labute approximate surface area is 143 Å². The summed E-state index contributed by atoms with van der Waals surface area (Å²) >= 11 is 0. The van der Waals surface area contributed by atoms with Gasteiger partial charge in [-0.1, -0.05) is 18.2 Å². The van der Waals surface area contributed by atoms with E-state index in [1.54, 1.807) is 7.11 Å². The Morgan fingerprint density at radius 1 is 1.25 bits per heavy atom. The van der Waals surface area contributed by atoms with Gasteiger partial charge in [0.05, 0.1) is 19.8 Å². The molecule has 4 aliphatic rings. The van der Waals surface area contributed by atoms with Gasteiger partial charge in [0.1, 0.15) is 5.75 Å². The van der Waals surface area contributed by atoms with E-state index in [0.29, 0.717) is 18.0 Å². The molecule has 1 N–H and O–H groups in total. The number of para-hydroxylation sites is 1. The van der Waals surface area contributed by atoms with E-state index in [4.69, 9.17) is 4.74 Å². The van der Waals surface area contributed by atoms with E-state index in [1.165, 1.54) is 18.4 Å². The van der Waals surface area contributed by atoms with Crippen LogP contribution in [0.3, 0.4) is 0 Å². The van der Waals surface area contributed by atoms with Gasteiger partial charge in [-0.3, -0.25) is 9.69 Å². The van der Waals surface area contributed by atoms with E-state index < -0.39 is 0 Å². The first-order valence-electron chi connectivity index (χ1n) is 9.02. The molecular weight excluding hydrogens is 304 g/mol. The summed E-state index contributed by atoms with van der Waals surface area (Å²) in [6.45, 7) is 2.95. The number of benzene rings is 1. The summed E-state index contributed by atoms with van der Waals surface area (Å²) in [7, 11) is 1.72. The van der Waals surface area contributed by atoms with Crippen molar-refractivity contribution >= 4 is 5.91 Å².